The van der Waals surface area contributed by atoms with E-state index in [0.717, 1.165) is 22.4 Å². The van der Waals surface area contributed by atoms with Crippen molar-refractivity contribution in [2.75, 3.05) is 0 Å². The number of rotatable bonds is 3. The van der Waals surface area contributed by atoms with Crippen LogP contribution < -0.4 is 22.6 Å². The Hall–Kier alpha value is -4.86. The van der Waals surface area contributed by atoms with Crippen LogP contribution in [0.3, 0.4) is 0 Å². The smallest absolute Gasteiger partial charge is 0.271 e. The molecule has 2 aliphatic heterocycles. The van der Waals surface area contributed by atoms with Gasteiger partial charge < -0.3 is 11.5 Å². The number of fused-ring (bicyclic) bond motifs is 2. The van der Waals surface area contributed by atoms with Crippen molar-refractivity contribution in [3.63, 3.8) is 0 Å². The first kappa shape index (κ1) is 28.7. The molecular weight excluding hydrogens is 492 g/mol. The minimum Gasteiger partial charge on any atom is -0.382 e. The summed E-state index contributed by atoms with van der Waals surface area (Å²) in [6.07, 6.45) is 0. The Morgan fingerprint density at radius 1 is 0.692 bits per heavy atom. The zero-order valence-electron chi connectivity index (χ0n) is 22.7. The molecule has 0 aliphatic carbocycles. The third-order valence-electron chi connectivity index (χ3n) is 5.59. The predicted octanol–water partition coefficient (Wildman–Crippen LogP) is 3.01. The third kappa shape index (κ3) is 6.72. The lowest BCUT2D eigenvalue weighted by Gasteiger charge is -2.06. The molecule has 0 atom stereocenters. The summed E-state index contributed by atoms with van der Waals surface area (Å²) in [6, 6.07) is 22.1. The SMILES string of the molecule is CC.CC.NC1=NCc2cc(=O)n(-c3ccccc3)nc21.NC1=NCc2cc(=O)n(Cc3ccccc3)nc21. The first-order chi connectivity index (χ1) is 19.0. The van der Waals surface area contributed by atoms with E-state index in [1.165, 1.54) is 9.36 Å². The van der Waals surface area contributed by atoms with Crippen molar-refractivity contribution < 1.29 is 0 Å². The van der Waals surface area contributed by atoms with Crippen molar-refractivity contribution in [3.05, 3.63) is 122 Å². The first-order valence-corrected chi connectivity index (χ1v) is 12.9. The second-order valence-electron chi connectivity index (χ2n) is 8.01. The molecule has 2 aliphatic rings. The van der Waals surface area contributed by atoms with E-state index in [-0.39, 0.29) is 11.1 Å². The quantitative estimate of drug-likeness (QED) is 0.419. The Morgan fingerprint density at radius 2 is 1.18 bits per heavy atom. The average Bonchev–Trinajstić information content (AvgIpc) is 3.53. The highest BCUT2D eigenvalue weighted by Gasteiger charge is 2.18. The van der Waals surface area contributed by atoms with Crippen LogP contribution in [0.25, 0.3) is 5.69 Å². The highest BCUT2D eigenvalue weighted by atomic mass is 16.1. The minimum absolute atomic E-state index is 0.123. The fraction of sp³-hybridized carbons (Fsp3) is 0.241. The second-order valence-corrected chi connectivity index (χ2v) is 8.01. The van der Waals surface area contributed by atoms with E-state index in [1.54, 1.807) is 12.1 Å². The molecule has 0 fully saturated rings. The van der Waals surface area contributed by atoms with Gasteiger partial charge in [-0.1, -0.05) is 76.2 Å². The van der Waals surface area contributed by atoms with E-state index >= 15 is 0 Å². The van der Waals surface area contributed by atoms with Crippen LogP contribution >= 0.6 is 0 Å². The van der Waals surface area contributed by atoms with Crippen molar-refractivity contribution in [3.8, 4) is 5.69 Å². The van der Waals surface area contributed by atoms with Crippen LogP contribution in [0.1, 0.15) is 55.8 Å². The molecule has 2 aromatic carbocycles. The topological polar surface area (TPSA) is 147 Å². The summed E-state index contributed by atoms with van der Waals surface area (Å²) >= 11 is 0. The number of para-hydroxylation sites is 1. The Balaban J connectivity index is 0.000000192. The van der Waals surface area contributed by atoms with Crippen molar-refractivity contribution in [1.82, 2.24) is 19.6 Å². The lowest BCUT2D eigenvalue weighted by Crippen LogP contribution is -2.27. The summed E-state index contributed by atoms with van der Waals surface area (Å²) in [7, 11) is 0. The summed E-state index contributed by atoms with van der Waals surface area (Å²) in [5.41, 5.74) is 15.7. The predicted molar refractivity (Wildman–Crippen MR) is 155 cm³/mol. The van der Waals surface area contributed by atoms with E-state index < -0.39 is 0 Å². The molecule has 0 saturated carbocycles. The number of hydrogen-bond acceptors (Lipinski definition) is 8. The van der Waals surface area contributed by atoms with E-state index in [2.05, 4.69) is 20.2 Å². The Labute approximate surface area is 227 Å². The van der Waals surface area contributed by atoms with Gasteiger partial charge in [-0.15, -0.1) is 0 Å². The van der Waals surface area contributed by atoms with Gasteiger partial charge >= 0.3 is 0 Å². The van der Waals surface area contributed by atoms with E-state index in [4.69, 9.17) is 11.5 Å². The number of benzene rings is 2. The van der Waals surface area contributed by atoms with Crippen molar-refractivity contribution in [2.45, 2.75) is 47.3 Å². The molecule has 4 heterocycles. The number of nitrogens with two attached hydrogens (primary N) is 2. The van der Waals surface area contributed by atoms with Gasteiger partial charge in [0.25, 0.3) is 11.1 Å². The average molecular weight is 527 g/mol. The molecule has 202 valence electrons. The maximum Gasteiger partial charge on any atom is 0.271 e. The normalized spacial score (nSPS) is 12.2. The highest BCUT2D eigenvalue weighted by Crippen LogP contribution is 2.13. The van der Waals surface area contributed by atoms with Crippen molar-refractivity contribution >= 4 is 11.7 Å². The Kier molecular flexibility index (Phi) is 10.0. The second kappa shape index (κ2) is 13.6. The van der Waals surface area contributed by atoms with Crippen molar-refractivity contribution in [1.29, 1.82) is 0 Å². The lowest BCUT2D eigenvalue weighted by molar-refractivity contribution is 0.633. The van der Waals surface area contributed by atoms with Gasteiger partial charge in [0.05, 0.1) is 25.3 Å². The zero-order chi connectivity index (χ0) is 28.4. The van der Waals surface area contributed by atoms with Crippen LogP contribution in [0.5, 0.6) is 0 Å². The van der Waals surface area contributed by atoms with Gasteiger partial charge in [-0.2, -0.15) is 14.9 Å². The largest absolute Gasteiger partial charge is 0.382 e. The number of amidine groups is 2. The summed E-state index contributed by atoms with van der Waals surface area (Å²) in [4.78, 5) is 31.9. The Morgan fingerprint density at radius 3 is 1.74 bits per heavy atom. The molecule has 0 radical (unpaired) electrons. The fourth-order valence-electron chi connectivity index (χ4n) is 3.80. The van der Waals surface area contributed by atoms with Gasteiger partial charge in [-0.3, -0.25) is 19.6 Å². The summed E-state index contributed by atoms with van der Waals surface area (Å²) < 4.78 is 2.76. The van der Waals surface area contributed by atoms with Gasteiger partial charge in [0.1, 0.15) is 23.1 Å². The van der Waals surface area contributed by atoms with Crippen molar-refractivity contribution in [2.24, 2.45) is 21.5 Å². The molecule has 4 aromatic rings. The summed E-state index contributed by atoms with van der Waals surface area (Å²) in [5.74, 6) is 0.802. The first-order valence-electron chi connectivity index (χ1n) is 12.9. The molecule has 0 spiro atoms. The molecule has 10 nitrogen and oxygen atoms in total. The fourth-order valence-corrected chi connectivity index (χ4v) is 3.80. The van der Waals surface area contributed by atoms with E-state index in [0.29, 0.717) is 42.7 Å². The minimum atomic E-state index is -0.167. The molecule has 39 heavy (non-hydrogen) atoms. The molecule has 4 N–H and O–H groups in total. The number of nitrogens with zero attached hydrogens (tertiary/aromatic N) is 6. The summed E-state index contributed by atoms with van der Waals surface area (Å²) in [5, 5.41) is 8.53. The van der Waals surface area contributed by atoms with Crippen LogP contribution in [0.2, 0.25) is 0 Å². The van der Waals surface area contributed by atoms with Crippen LogP contribution in [0, 0.1) is 0 Å². The summed E-state index contributed by atoms with van der Waals surface area (Å²) in [6.45, 7) is 9.34. The molecule has 10 heteroatoms. The monoisotopic (exact) mass is 526 g/mol. The molecular formula is C29H34N8O2. The third-order valence-corrected chi connectivity index (χ3v) is 5.59. The molecule has 0 unspecified atom stereocenters. The van der Waals surface area contributed by atoms with E-state index in [1.807, 2.05) is 88.4 Å². The maximum atomic E-state index is 11.9. The van der Waals surface area contributed by atoms with Gasteiger partial charge in [0.15, 0.2) is 0 Å². The highest BCUT2D eigenvalue weighted by molar-refractivity contribution is 5.99. The lowest BCUT2D eigenvalue weighted by atomic mass is 10.2. The zero-order valence-corrected chi connectivity index (χ0v) is 22.7. The molecule has 0 amide bonds. The number of aromatic nitrogens is 4. The van der Waals surface area contributed by atoms with E-state index in [9.17, 15) is 9.59 Å². The number of aliphatic imine (C=N–C) groups is 2. The molecule has 0 bridgehead atoms. The van der Waals surface area contributed by atoms with Gasteiger partial charge in [-0.05, 0) is 17.7 Å². The van der Waals surface area contributed by atoms with Crippen LogP contribution in [-0.2, 0) is 19.6 Å². The van der Waals surface area contributed by atoms with Crippen LogP contribution in [0.15, 0.2) is 92.4 Å². The van der Waals surface area contributed by atoms with Gasteiger partial charge in [0, 0.05) is 23.3 Å². The molecule has 6 rings (SSSR count). The Bertz CT molecular complexity index is 1570. The number of hydrogen-bond donors (Lipinski definition) is 2. The van der Waals surface area contributed by atoms with Crippen LogP contribution in [0.4, 0.5) is 0 Å². The van der Waals surface area contributed by atoms with Crippen LogP contribution in [-0.4, -0.2) is 31.2 Å². The maximum absolute atomic E-state index is 11.9. The van der Waals surface area contributed by atoms with Gasteiger partial charge in [0.2, 0.25) is 0 Å². The molecule has 0 saturated heterocycles. The van der Waals surface area contributed by atoms with Gasteiger partial charge in [-0.25, -0.2) is 4.68 Å². The standard InChI is InChI=1S/C13H12N4O.C12H10N4O.2C2H6/c14-13-12-10(7-15-13)6-11(18)17(16-12)8-9-4-2-1-3-5-9;13-12-11-8(7-14-12)6-10(17)16(15-11)9-4-2-1-3-5-9;2*1-2/h1-6H,7-8H2,(H2,14,15);1-6H,7H2,(H2,13,14);2*1-2H3. The molecule has 2 aromatic heterocycles.